The van der Waals surface area contributed by atoms with Crippen LogP contribution >= 0.6 is 0 Å². The quantitative estimate of drug-likeness (QED) is 0.832. The molecule has 4 rings (SSSR count). The molecule has 0 unspecified atom stereocenters. The largest absolute Gasteiger partial charge is 0.387 e. The standard InChI is InChI=1S/C25H30N2O2/c1-2-25(29)27-14-6-9-21-17-22(10-11-23(21)27)24(28)18-26-15-12-20(13-16-26)19-7-4-3-5-8-19/h3-5,7-8,10-12,17,24,28H,2,6,9,13-16,18H2,1H3/t24-/m1/s1. The molecule has 152 valence electrons. The Balaban J connectivity index is 1.41. The number of carbonyl (C=O) groups is 1. The smallest absolute Gasteiger partial charge is 0.226 e. The molecule has 2 aromatic rings. The second kappa shape index (κ2) is 8.93. The average Bonchev–Trinajstić information content (AvgIpc) is 2.78. The van der Waals surface area contributed by atoms with Gasteiger partial charge in [0.1, 0.15) is 0 Å². The van der Waals surface area contributed by atoms with E-state index >= 15 is 0 Å². The number of anilines is 1. The van der Waals surface area contributed by atoms with Crippen molar-refractivity contribution in [2.75, 3.05) is 31.1 Å². The summed E-state index contributed by atoms with van der Waals surface area (Å²) < 4.78 is 0. The van der Waals surface area contributed by atoms with Gasteiger partial charge in [-0.1, -0.05) is 55.5 Å². The van der Waals surface area contributed by atoms with Crippen LogP contribution < -0.4 is 4.90 Å². The van der Waals surface area contributed by atoms with Gasteiger partial charge in [0.15, 0.2) is 0 Å². The Bertz CT molecular complexity index is 891. The van der Waals surface area contributed by atoms with Crippen LogP contribution in [0.3, 0.4) is 0 Å². The lowest BCUT2D eigenvalue weighted by Gasteiger charge is -2.31. The summed E-state index contributed by atoms with van der Waals surface area (Å²) in [6.45, 7) is 5.16. The monoisotopic (exact) mass is 390 g/mol. The van der Waals surface area contributed by atoms with E-state index in [0.29, 0.717) is 13.0 Å². The highest BCUT2D eigenvalue weighted by Gasteiger charge is 2.23. The topological polar surface area (TPSA) is 43.8 Å². The molecule has 1 amide bonds. The van der Waals surface area contributed by atoms with Gasteiger partial charge in [-0.25, -0.2) is 0 Å². The van der Waals surface area contributed by atoms with Crippen LogP contribution in [0.1, 0.15) is 49.0 Å². The maximum Gasteiger partial charge on any atom is 0.226 e. The van der Waals surface area contributed by atoms with Gasteiger partial charge in [-0.05, 0) is 47.6 Å². The lowest BCUT2D eigenvalue weighted by molar-refractivity contribution is -0.118. The van der Waals surface area contributed by atoms with Crippen LogP contribution in [-0.2, 0) is 11.2 Å². The summed E-state index contributed by atoms with van der Waals surface area (Å²) in [5.41, 5.74) is 5.85. The first-order chi connectivity index (χ1) is 14.2. The molecule has 2 heterocycles. The van der Waals surface area contributed by atoms with Crippen LogP contribution in [0.25, 0.3) is 5.57 Å². The van der Waals surface area contributed by atoms with Gasteiger partial charge in [0.2, 0.25) is 5.91 Å². The van der Waals surface area contributed by atoms with Gasteiger partial charge in [0, 0.05) is 38.3 Å². The number of aliphatic hydroxyl groups excluding tert-OH is 1. The molecule has 0 aliphatic carbocycles. The zero-order chi connectivity index (χ0) is 20.2. The number of aliphatic hydroxyl groups is 1. The second-order valence-electron chi connectivity index (χ2n) is 8.01. The molecule has 4 heteroatoms. The number of aryl methyl sites for hydroxylation is 1. The highest BCUT2D eigenvalue weighted by molar-refractivity contribution is 5.94. The Morgan fingerprint density at radius 1 is 1.10 bits per heavy atom. The minimum atomic E-state index is -0.510. The molecule has 0 bridgehead atoms. The van der Waals surface area contributed by atoms with Crippen molar-refractivity contribution < 1.29 is 9.90 Å². The molecule has 0 saturated heterocycles. The van der Waals surface area contributed by atoms with Gasteiger partial charge in [-0.2, -0.15) is 0 Å². The average molecular weight is 391 g/mol. The number of amides is 1. The second-order valence-corrected chi connectivity index (χ2v) is 8.01. The first-order valence-electron chi connectivity index (χ1n) is 10.7. The third-order valence-electron chi connectivity index (χ3n) is 6.08. The Labute approximate surface area is 173 Å². The molecule has 0 fully saturated rings. The predicted molar refractivity (Wildman–Crippen MR) is 118 cm³/mol. The normalized spacial score (nSPS) is 18.1. The van der Waals surface area contributed by atoms with E-state index in [4.69, 9.17) is 0 Å². The van der Waals surface area contributed by atoms with Crippen molar-refractivity contribution in [1.82, 2.24) is 4.90 Å². The number of nitrogens with zero attached hydrogens (tertiary/aromatic N) is 2. The molecule has 1 atom stereocenters. The van der Waals surface area contributed by atoms with Crippen molar-refractivity contribution >= 4 is 17.2 Å². The third-order valence-corrected chi connectivity index (χ3v) is 6.08. The lowest BCUT2D eigenvalue weighted by atomic mass is 9.96. The Morgan fingerprint density at radius 2 is 1.93 bits per heavy atom. The molecule has 0 spiro atoms. The van der Waals surface area contributed by atoms with E-state index < -0.39 is 6.10 Å². The van der Waals surface area contributed by atoms with Gasteiger partial charge in [-0.3, -0.25) is 9.69 Å². The molecular formula is C25H30N2O2. The van der Waals surface area contributed by atoms with Gasteiger partial charge in [-0.15, -0.1) is 0 Å². The summed E-state index contributed by atoms with van der Waals surface area (Å²) >= 11 is 0. The molecule has 29 heavy (non-hydrogen) atoms. The highest BCUT2D eigenvalue weighted by Crippen LogP contribution is 2.31. The van der Waals surface area contributed by atoms with Crippen LogP contribution in [0.2, 0.25) is 0 Å². The van der Waals surface area contributed by atoms with Crippen molar-refractivity contribution in [3.8, 4) is 0 Å². The van der Waals surface area contributed by atoms with E-state index in [9.17, 15) is 9.90 Å². The predicted octanol–water partition coefficient (Wildman–Crippen LogP) is 4.20. The minimum Gasteiger partial charge on any atom is -0.387 e. The van der Waals surface area contributed by atoms with Crippen molar-refractivity contribution in [2.24, 2.45) is 0 Å². The van der Waals surface area contributed by atoms with Crippen LogP contribution in [0.4, 0.5) is 5.69 Å². The molecule has 4 nitrogen and oxygen atoms in total. The van der Waals surface area contributed by atoms with E-state index in [1.165, 1.54) is 16.7 Å². The Morgan fingerprint density at radius 3 is 2.66 bits per heavy atom. The number of hydrogen-bond donors (Lipinski definition) is 1. The molecular weight excluding hydrogens is 360 g/mol. The summed E-state index contributed by atoms with van der Waals surface area (Å²) in [5, 5.41) is 10.8. The molecule has 2 aliphatic rings. The number of fused-ring (bicyclic) bond motifs is 1. The van der Waals surface area contributed by atoms with E-state index in [1.807, 2.05) is 30.0 Å². The van der Waals surface area contributed by atoms with Crippen LogP contribution in [0.5, 0.6) is 0 Å². The number of β-amino-alcohol motifs (C(OH)–C–C–N with tert-alkyl or cyclic N) is 1. The zero-order valence-corrected chi connectivity index (χ0v) is 17.2. The fourth-order valence-electron chi connectivity index (χ4n) is 4.42. The summed E-state index contributed by atoms with van der Waals surface area (Å²) in [5.74, 6) is 0.175. The minimum absolute atomic E-state index is 0.175. The van der Waals surface area contributed by atoms with Gasteiger partial charge in [0.05, 0.1) is 6.10 Å². The number of carbonyl (C=O) groups excluding carboxylic acids is 1. The van der Waals surface area contributed by atoms with E-state index in [-0.39, 0.29) is 5.91 Å². The van der Waals surface area contributed by atoms with E-state index in [2.05, 4.69) is 41.3 Å². The first-order valence-corrected chi connectivity index (χ1v) is 10.7. The maximum atomic E-state index is 12.2. The van der Waals surface area contributed by atoms with Crippen molar-refractivity contribution in [1.29, 1.82) is 0 Å². The highest BCUT2D eigenvalue weighted by atomic mass is 16.3. The van der Waals surface area contributed by atoms with Crippen LogP contribution in [0.15, 0.2) is 54.6 Å². The van der Waals surface area contributed by atoms with Gasteiger partial charge in [0.25, 0.3) is 0 Å². The summed E-state index contributed by atoms with van der Waals surface area (Å²) in [7, 11) is 0. The maximum absolute atomic E-state index is 12.2. The van der Waals surface area contributed by atoms with E-state index in [1.54, 1.807) is 0 Å². The van der Waals surface area contributed by atoms with Crippen molar-refractivity contribution in [3.05, 3.63) is 71.3 Å². The summed E-state index contributed by atoms with van der Waals surface area (Å²) in [4.78, 5) is 16.4. The number of benzene rings is 2. The molecule has 0 radical (unpaired) electrons. The molecule has 2 aromatic carbocycles. The first kappa shape index (κ1) is 19.9. The van der Waals surface area contributed by atoms with Crippen molar-refractivity contribution in [3.63, 3.8) is 0 Å². The molecule has 0 aromatic heterocycles. The number of hydrogen-bond acceptors (Lipinski definition) is 3. The fourth-order valence-corrected chi connectivity index (χ4v) is 4.42. The van der Waals surface area contributed by atoms with Gasteiger partial charge >= 0.3 is 0 Å². The zero-order valence-electron chi connectivity index (χ0n) is 17.2. The fraction of sp³-hybridized carbons (Fsp3) is 0.400. The van der Waals surface area contributed by atoms with Crippen molar-refractivity contribution in [2.45, 2.75) is 38.7 Å². The van der Waals surface area contributed by atoms with Gasteiger partial charge < -0.3 is 10.0 Å². The van der Waals surface area contributed by atoms with Crippen LogP contribution in [-0.4, -0.2) is 42.1 Å². The van der Waals surface area contributed by atoms with E-state index in [0.717, 1.165) is 50.1 Å². The summed E-state index contributed by atoms with van der Waals surface area (Å²) in [6, 6.07) is 16.6. The molecule has 1 N–H and O–H groups in total. The SMILES string of the molecule is CCC(=O)N1CCCc2cc([C@H](O)CN3CC=C(c4ccccc4)CC3)ccc21. The third kappa shape index (κ3) is 4.44. The Hall–Kier alpha value is -2.43. The summed E-state index contributed by atoms with van der Waals surface area (Å²) in [6.07, 6.45) is 5.26. The lowest BCUT2D eigenvalue weighted by Crippen LogP contribution is -2.35. The Kier molecular flexibility index (Phi) is 6.12. The number of rotatable bonds is 5. The molecule has 0 saturated carbocycles. The van der Waals surface area contributed by atoms with Crippen LogP contribution in [0, 0.1) is 0 Å². The molecule has 2 aliphatic heterocycles.